The molecule has 6 nitrogen and oxygen atoms in total. The van der Waals surface area contributed by atoms with Gasteiger partial charge in [-0.1, -0.05) is 27.3 Å². The molecule has 1 aromatic heterocycles. The first-order valence-electron chi connectivity index (χ1n) is 8.84. The van der Waals surface area contributed by atoms with Crippen LogP contribution in [0.25, 0.3) is 10.2 Å². The zero-order chi connectivity index (χ0) is 19.7. The van der Waals surface area contributed by atoms with Gasteiger partial charge in [0.15, 0.2) is 5.13 Å². The van der Waals surface area contributed by atoms with Crippen molar-refractivity contribution in [2.45, 2.75) is 0 Å². The van der Waals surface area contributed by atoms with Gasteiger partial charge in [-0.2, -0.15) is 0 Å². The Balaban J connectivity index is 1.41. The molecule has 0 saturated carbocycles. The van der Waals surface area contributed by atoms with Crippen LogP contribution in [0.5, 0.6) is 0 Å². The normalized spacial score (nSPS) is 14.4. The number of piperazine rings is 1. The number of hydrogen-bond donors (Lipinski definition) is 0. The number of ether oxygens (including phenoxy) is 1. The SMILES string of the molecule is COC(=O)c1ccc(C(=O)N2CCN(c3nc4ccc(Br)cc4s3)CC2)cc1. The maximum Gasteiger partial charge on any atom is 0.337 e. The van der Waals surface area contributed by atoms with Crippen LogP contribution in [0.1, 0.15) is 20.7 Å². The summed E-state index contributed by atoms with van der Waals surface area (Å²) >= 11 is 5.16. The van der Waals surface area contributed by atoms with Gasteiger partial charge in [-0.15, -0.1) is 0 Å². The highest BCUT2D eigenvalue weighted by atomic mass is 79.9. The lowest BCUT2D eigenvalue weighted by Crippen LogP contribution is -2.48. The molecule has 144 valence electrons. The molecule has 0 radical (unpaired) electrons. The second-order valence-electron chi connectivity index (χ2n) is 6.46. The van der Waals surface area contributed by atoms with Gasteiger partial charge >= 0.3 is 5.97 Å². The minimum absolute atomic E-state index is 0.0238. The van der Waals surface area contributed by atoms with Crippen LogP contribution in [0.2, 0.25) is 0 Å². The van der Waals surface area contributed by atoms with Crippen LogP contribution in [-0.4, -0.2) is 55.0 Å². The topological polar surface area (TPSA) is 62.7 Å². The summed E-state index contributed by atoms with van der Waals surface area (Å²) in [5, 5.41) is 0.989. The van der Waals surface area contributed by atoms with Crippen molar-refractivity contribution in [3.05, 3.63) is 58.1 Å². The molecule has 0 atom stereocenters. The lowest BCUT2D eigenvalue weighted by molar-refractivity contribution is 0.0599. The average molecular weight is 460 g/mol. The standard InChI is InChI=1S/C20H18BrN3O3S/c1-27-19(26)14-4-2-13(3-5-14)18(25)23-8-10-24(11-9-23)20-22-16-7-6-15(21)12-17(16)28-20/h2-7,12H,8-11H2,1H3. The van der Waals surface area contributed by atoms with Crippen molar-refractivity contribution in [3.63, 3.8) is 0 Å². The summed E-state index contributed by atoms with van der Waals surface area (Å²) in [6, 6.07) is 12.7. The summed E-state index contributed by atoms with van der Waals surface area (Å²) in [5.74, 6) is -0.431. The fourth-order valence-electron chi connectivity index (χ4n) is 3.17. The first-order chi connectivity index (χ1) is 13.5. The number of esters is 1. The Kier molecular flexibility index (Phi) is 5.32. The van der Waals surface area contributed by atoms with Crippen molar-refractivity contribution in [2.75, 3.05) is 38.2 Å². The van der Waals surface area contributed by atoms with E-state index in [-0.39, 0.29) is 5.91 Å². The molecule has 1 amide bonds. The van der Waals surface area contributed by atoms with E-state index in [1.165, 1.54) is 7.11 Å². The molecular weight excluding hydrogens is 442 g/mol. The largest absolute Gasteiger partial charge is 0.465 e. The van der Waals surface area contributed by atoms with Crippen LogP contribution >= 0.6 is 27.3 Å². The number of aromatic nitrogens is 1. The van der Waals surface area contributed by atoms with E-state index in [4.69, 9.17) is 4.98 Å². The van der Waals surface area contributed by atoms with Gasteiger partial charge in [0.05, 0.1) is 22.9 Å². The fraction of sp³-hybridized carbons (Fsp3) is 0.250. The number of fused-ring (bicyclic) bond motifs is 1. The van der Waals surface area contributed by atoms with E-state index in [1.807, 2.05) is 17.0 Å². The van der Waals surface area contributed by atoms with Crippen LogP contribution in [0.3, 0.4) is 0 Å². The van der Waals surface area contributed by atoms with Gasteiger partial charge in [-0.05, 0) is 42.5 Å². The summed E-state index contributed by atoms with van der Waals surface area (Å²) in [7, 11) is 1.34. The second kappa shape index (κ2) is 7.89. The zero-order valence-corrected chi connectivity index (χ0v) is 17.6. The monoisotopic (exact) mass is 459 g/mol. The van der Waals surface area contributed by atoms with Gasteiger partial charge in [-0.3, -0.25) is 4.79 Å². The van der Waals surface area contributed by atoms with Gasteiger partial charge < -0.3 is 14.5 Å². The molecular formula is C20H18BrN3O3S. The Morgan fingerprint density at radius 2 is 1.71 bits per heavy atom. The molecule has 4 rings (SSSR count). The third-order valence-corrected chi connectivity index (χ3v) is 6.30. The lowest BCUT2D eigenvalue weighted by Gasteiger charge is -2.34. The van der Waals surface area contributed by atoms with E-state index in [0.29, 0.717) is 24.2 Å². The molecule has 1 aliphatic heterocycles. The predicted molar refractivity (Wildman–Crippen MR) is 113 cm³/mol. The minimum Gasteiger partial charge on any atom is -0.465 e. The van der Waals surface area contributed by atoms with E-state index < -0.39 is 5.97 Å². The summed E-state index contributed by atoms with van der Waals surface area (Å²) in [6.07, 6.45) is 0. The maximum absolute atomic E-state index is 12.7. The number of amides is 1. The quantitative estimate of drug-likeness (QED) is 0.557. The van der Waals surface area contributed by atoms with Crippen LogP contribution in [0.4, 0.5) is 5.13 Å². The molecule has 2 aromatic carbocycles. The van der Waals surface area contributed by atoms with Crippen molar-refractivity contribution < 1.29 is 14.3 Å². The van der Waals surface area contributed by atoms with Gasteiger partial charge in [0.2, 0.25) is 0 Å². The number of anilines is 1. The Labute approximate surface area is 174 Å². The molecule has 28 heavy (non-hydrogen) atoms. The molecule has 1 aliphatic rings. The van der Waals surface area contributed by atoms with Crippen molar-refractivity contribution in [1.29, 1.82) is 0 Å². The Morgan fingerprint density at radius 1 is 1.04 bits per heavy atom. The molecule has 8 heteroatoms. The first-order valence-corrected chi connectivity index (χ1v) is 10.4. The highest BCUT2D eigenvalue weighted by Crippen LogP contribution is 2.31. The summed E-state index contributed by atoms with van der Waals surface area (Å²) < 4.78 is 6.88. The zero-order valence-electron chi connectivity index (χ0n) is 15.2. The lowest BCUT2D eigenvalue weighted by atomic mass is 10.1. The van der Waals surface area contributed by atoms with Crippen molar-refractivity contribution in [1.82, 2.24) is 9.88 Å². The van der Waals surface area contributed by atoms with Crippen LogP contribution in [-0.2, 0) is 4.74 Å². The number of methoxy groups -OCH3 is 1. The highest BCUT2D eigenvalue weighted by Gasteiger charge is 2.24. The fourth-order valence-corrected chi connectivity index (χ4v) is 4.74. The van der Waals surface area contributed by atoms with Crippen molar-refractivity contribution in [2.24, 2.45) is 0 Å². The maximum atomic E-state index is 12.7. The molecule has 3 aromatic rings. The molecule has 0 spiro atoms. The number of hydrogen-bond acceptors (Lipinski definition) is 6. The number of carbonyl (C=O) groups excluding carboxylic acids is 2. The number of halogens is 1. The first kappa shape index (κ1) is 18.9. The molecule has 2 heterocycles. The summed E-state index contributed by atoms with van der Waals surface area (Å²) in [6.45, 7) is 2.76. The number of rotatable bonds is 3. The number of benzene rings is 2. The van der Waals surface area contributed by atoms with Gasteiger partial charge in [0.25, 0.3) is 5.91 Å². The summed E-state index contributed by atoms with van der Waals surface area (Å²) in [5.41, 5.74) is 2.00. The highest BCUT2D eigenvalue weighted by molar-refractivity contribution is 9.10. The van der Waals surface area contributed by atoms with E-state index in [9.17, 15) is 9.59 Å². The second-order valence-corrected chi connectivity index (χ2v) is 8.38. The van der Waals surface area contributed by atoms with E-state index in [1.54, 1.807) is 35.6 Å². The van der Waals surface area contributed by atoms with Crippen molar-refractivity contribution >= 4 is 54.5 Å². The van der Waals surface area contributed by atoms with Gasteiger partial charge in [-0.25, -0.2) is 9.78 Å². The van der Waals surface area contributed by atoms with Crippen LogP contribution in [0.15, 0.2) is 46.9 Å². The Bertz CT molecular complexity index is 1030. The van der Waals surface area contributed by atoms with Crippen LogP contribution < -0.4 is 4.90 Å². The van der Waals surface area contributed by atoms with Gasteiger partial charge in [0, 0.05) is 36.2 Å². The van der Waals surface area contributed by atoms with E-state index in [0.717, 1.165) is 32.9 Å². The number of nitrogens with zero attached hydrogens (tertiary/aromatic N) is 3. The smallest absolute Gasteiger partial charge is 0.337 e. The molecule has 0 unspecified atom stereocenters. The molecule has 0 bridgehead atoms. The third-order valence-electron chi connectivity index (χ3n) is 4.73. The van der Waals surface area contributed by atoms with E-state index >= 15 is 0 Å². The van der Waals surface area contributed by atoms with Gasteiger partial charge in [0.1, 0.15) is 0 Å². The molecule has 1 fully saturated rings. The number of thiazole rings is 1. The Morgan fingerprint density at radius 3 is 2.39 bits per heavy atom. The third kappa shape index (κ3) is 3.74. The minimum atomic E-state index is -0.407. The summed E-state index contributed by atoms with van der Waals surface area (Å²) in [4.78, 5) is 33.0. The Hall–Kier alpha value is -2.45. The van der Waals surface area contributed by atoms with Crippen molar-refractivity contribution in [3.8, 4) is 0 Å². The van der Waals surface area contributed by atoms with Crippen LogP contribution in [0, 0.1) is 0 Å². The molecule has 0 N–H and O–H groups in total. The molecule has 1 saturated heterocycles. The number of carbonyl (C=O) groups is 2. The average Bonchev–Trinajstić information content (AvgIpc) is 3.16. The molecule has 0 aliphatic carbocycles. The predicted octanol–water partition coefficient (Wildman–Crippen LogP) is 3.81. The van der Waals surface area contributed by atoms with E-state index in [2.05, 4.69) is 31.6 Å².